The van der Waals surface area contributed by atoms with Gasteiger partial charge in [0.05, 0.1) is 23.9 Å². The van der Waals surface area contributed by atoms with Crippen molar-refractivity contribution in [2.24, 2.45) is 4.99 Å². The molecule has 1 saturated heterocycles. The normalized spacial score (nSPS) is 18.0. The lowest BCUT2D eigenvalue weighted by Crippen LogP contribution is -2.23. The highest BCUT2D eigenvalue weighted by atomic mass is 32.2. The molecule has 1 amide bonds. The van der Waals surface area contributed by atoms with Crippen molar-refractivity contribution in [1.82, 2.24) is 9.88 Å². The van der Waals surface area contributed by atoms with Gasteiger partial charge in [0.25, 0.3) is 5.91 Å². The second kappa shape index (κ2) is 6.66. The van der Waals surface area contributed by atoms with Gasteiger partial charge in [-0.05, 0) is 36.0 Å². The van der Waals surface area contributed by atoms with E-state index in [1.54, 1.807) is 31.5 Å². The van der Waals surface area contributed by atoms with Crippen LogP contribution in [0, 0.1) is 0 Å². The monoisotopic (exact) mass is 325 g/mol. The number of hydrogen-bond acceptors (Lipinski definition) is 5. The second-order valence-corrected chi connectivity index (χ2v) is 5.83. The number of ether oxygens (including phenoxy) is 1. The van der Waals surface area contributed by atoms with Crippen LogP contribution in [0.2, 0.25) is 0 Å². The van der Waals surface area contributed by atoms with Crippen molar-refractivity contribution in [3.8, 4) is 5.75 Å². The van der Waals surface area contributed by atoms with Gasteiger partial charge in [-0.2, -0.15) is 0 Å². The summed E-state index contributed by atoms with van der Waals surface area (Å²) in [6, 6.07) is 11.2. The maximum absolute atomic E-state index is 12.4. The zero-order valence-electron chi connectivity index (χ0n) is 12.8. The number of amidine groups is 1. The predicted molar refractivity (Wildman–Crippen MR) is 92.7 cm³/mol. The molecule has 3 rings (SSSR count). The number of amides is 1. The van der Waals surface area contributed by atoms with Gasteiger partial charge in [0.2, 0.25) is 0 Å². The Hall–Kier alpha value is -2.60. The molecule has 0 N–H and O–H groups in total. The molecule has 0 spiro atoms. The molecular formula is C17H15N3O2S. The zero-order chi connectivity index (χ0) is 16.2. The highest BCUT2D eigenvalue weighted by Crippen LogP contribution is 2.34. The number of para-hydroxylation sites is 1. The molecule has 23 heavy (non-hydrogen) atoms. The fourth-order valence-corrected chi connectivity index (χ4v) is 3.09. The van der Waals surface area contributed by atoms with Crippen LogP contribution in [0.1, 0.15) is 5.56 Å². The van der Waals surface area contributed by atoms with Crippen molar-refractivity contribution in [2.75, 3.05) is 14.2 Å². The quantitative estimate of drug-likeness (QED) is 0.812. The first-order valence-electron chi connectivity index (χ1n) is 6.98. The Morgan fingerprint density at radius 2 is 2.09 bits per heavy atom. The van der Waals surface area contributed by atoms with Gasteiger partial charge in [0.15, 0.2) is 5.17 Å². The van der Waals surface area contributed by atoms with E-state index >= 15 is 0 Å². The van der Waals surface area contributed by atoms with Gasteiger partial charge in [-0.25, -0.2) is 4.99 Å². The number of benzene rings is 1. The second-order valence-electron chi connectivity index (χ2n) is 4.82. The summed E-state index contributed by atoms with van der Waals surface area (Å²) in [7, 11) is 3.33. The van der Waals surface area contributed by atoms with Crippen molar-refractivity contribution in [2.45, 2.75) is 0 Å². The van der Waals surface area contributed by atoms with Crippen LogP contribution >= 0.6 is 11.8 Å². The number of aliphatic imine (C=N–C) groups is 1. The maximum atomic E-state index is 12.4. The average Bonchev–Trinajstić information content (AvgIpc) is 2.84. The fourth-order valence-electron chi connectivity index (χ4n) is 2.11. The van der Waals surface area contributed by atoms with Gasteiger partial charge in [-0.3, -0.25) is 14.7 Å². The molecule has 116 valence electrons. The Morgan fingerprint density at radius 1 is 1.26 bits per heavy atom. The van der Waals surface area contributed by atoms with E-state index in [9.17, 15) is 4.79 Å². The van der Waals surface area contributed by atoms with Crippen molar-refractivity contribution < 1.29 is 9.53 Å². The van der Waals surface area contributed by atoms with Crippen LogP contribution in [0.4, 0.5) is 5.69 Å². The Kier molecular flexibility index (Phi) is 4.43. The molecule has 5 nitrogen and oxygen atoms in total. The average molecular weight is 325 g/mol. The minimum Gasteiger partial charge on any atom is -0.496 e. The third-order valence-electron chi connectivity index (χ3n) is 3.30. The molecule has 0 bridgehead atoms. The topological polar surface area (TPSA) is 54.8 Å². The molecule has 2 aromatic rings. The van der Waals surface area contributed by atoms with E-state index in [4.69, 9.17) is 4.74 Å². The number of thioether (sulfide) groups is 1. The molecule has 0 saturated carbocycles. The van der Waals surface area contributed by atoms with E-state index in [0.29, 0.717) is 15.8 Å². The SMILES string of the molecule is COc1ccccc1/C=C1\SC(=Nc2cccnc2)N(C)C1=O. The highest BCUT2D eigenvalue weighted by Gasteiger charge is 2.30. The van der Waals surface area contributed by atoms with Crippen molar-refractivity contribution in [3.05, 3.63) is 59.3 Å². The largest absolute Gasteiger partial charge is 0.496 e. The molecule has 1 aliphatic heterocycles. The first kappa shape index (κ1) is 15.3. The van der Waals surface area contributed by atoms with Crippen LogP contribution in [0.15, 0.2) is 58.7 Å². The molecule has 1 aromatic carbocycles. The highest BCUT2D eigenvalue weighted by molar-refractivity contribution is 8.18. The molecular weight excluding hydrogens is 310 g/mol. The van der Waals surface area contributed by atoms with Gasteiger partial charge < -0.3 is 4.74 Å². The van der Waals surface area contributed by atoms with Crippen LogP contribution in [0.25, 0.3) is 6.08 Å². The first-order valence-corrected chi connectivity index (χ1v) is 7.80. The molecule has 0 aliphatic carbocycles. The van der Waals surface area contributed by atoms with E-state index in [0.717, 1.165) is 11.3 Å². The summed E-state index contributed by atoms with van der Waals surface area (Å²) in [6.07, 6.45) is 5.18. The number of aromatic nitrogens is 1. The van der Waals surface area contributed by atoms with E-state index in [1.807, 2.05) is 42.5 Å². The number of pyridine rings is 1. The Morgan fingerprint density at radius 3 is 2.83 bits per heavy atom. The van der Waals surface area contributed by atoms with Gasteiger partial charge in [-0.15, -0.1) is 0 Å². The van der Waals surface area contributed by atoms with E-state index < -0.39 is 0 Å². The first-order chi connectivity index (χ1) is 11.2. The number of carbonyl (C=O) groups is 1. The van der Waals surface area contributed by atoms with Crippen molar-refractivity contribution >= 4 is 34.6 Å². The summed E-state index contributed by atoms with van der Waals surface area (Å²) in [5.41, 5.74) is 1.58. The van der Waals surface area contributed by atoms with Crippen LogP contribution in [0.5, 0.6) is 5.75 Å². The van der Waals surface area contributed by atoms with Crippen LogP contribution in [-0.4, -0.2) is 35.1 Å². The number of methoxy groups -OCH3 is 1. The van der Waals surface area contributed by atoms with Crippen LogP contribution < -0.4 is 4.74 Å². The van der Waals surface area contributed by atoms with Crippen LogP contribution in [0.3, 0.4) is 0 Å². The number of nitrogens with zero attached hydrogens (tertiary/aromatic N) is 3. The molecule has 1 aromatic heterocycles. The van der Waals surface area contributed by atoms with Gasteiger partial charge in [-0.1, -0.05) is 18.2 Å². The lowest BCUT2D eigenvalue weighted by molar-refractivity contribution is -0.121. The van der Waals surface area contributed by atoms with E-state index in [1.165, 1.54) is 11.8 Å². The van der Waals surface area contributed by atoms with Crippen molar-refractivity contribution in [3.63, 3.8) is 0 Å². The molecule has 0 unspecified atom stereocenters. The maximum Gasteiger partial charge on any atom is 0.266 e. The third-order valence-corrected chi connectivity index (χ3v) is 4.36. The molecule has 1 fully saturated rings. The lowest BCUT2D eigenvalue weighted by atomic mass is 10.2. The predicted octanol–water partition coefficient (Wildman–Crippen LogP) is 3.32. The summed E-state index contributed by atoms with van der Waals surface area (Å²) < 4.78 is 5.32. The standard InChI is InChI=1S/C17H15N3O2S/c1-20-16(21)15(10-12-6-3-4-8-14(12)22-2)23-17(20)19-13-7-5-9-18-11-13/h3-11H,1-2H3/b15-10-,19-17?. The molecule has 6 heteroatoms. The number of carbonyl (C=O) groups excluding carboxylic acids is 1. The summed E-state index contributed by atoms with van der Waals surface area (Å²) in [5.74, 6) is 0.650. The van der Waals surface area contributed by atoms with Crippen LogP contribution in [-0.2, 0) is 4.79 Å². The lowest BCUT2D eigenvalue weighted by Gasteiger charge is -2.06. The molecule has 1 aliphatic rings. The number of likely N-dealkylation sites (N-methyl/N-ethyl adjacent to an activating group) is 1. The summed E-state index contributed by atoms with van der Waals surface area (Å²) in [4.78, 5) is 23.1. The molecule has 0 atom stereocenters. The smallest absolute Gasteiger partial charge is 0.266 e. The zero-order valence-corrected chi connectivity index (χ0v) is 13.6. The Bertz CT molecular complexity index is 787. The van der Waals surface area contributed by atoms with E-state index in [-0.39, 0.29) is 5.91 Å². The molecule has 2 heterocycles. The number of hydrogen-bond donors (Lipinski definition) is 0. The van der Waals surface area contributed by atoms with Gasteiger partial charge in [0.1, 0.15) is 5.75 Å². The van der Waals surface area contributed by atoms with Crippen molar-refractivity contribution in [1.29, 1.82) is 0 Å². The van der Waals surface area contributed by atoms with Gasteiger partial charge in [0, 0.05) is 18.8 Å². The minimum absolute atomic E-state index is 0.0800. The summed E-state index contributed by atoms with van der Waals surface area (Å²) in [6.45, 7) is 0. The Labute approximate surface area is 138 Å². The Balaban J connectivity index is 1.92. The number of rotatable bonds is 3. The summed E-state index contributed by atoms with van der Waals surface area (Å²) in [5, 5.41) is 0.629. The molecule has 0 radical (unpaired) electrons. The third kappa shape index (κ3) is 3.27. The fraction of sp³-hybridized carbons (Fsp3) is 0.118. The van der Waals surface area contributed by atoms with Gasteiger partial charge >= 0.3 is 0 Å². The summed E-state index contributed by atoms with van der Waals surface area (Å²) >= 11 is 1.34. The van der Waals surface area contributed by atoms with E-state index in [2.05, 4.69) is 9.98 Å². The minimum atomic E-state index is -0.0800.